The van der Waals surface area contributed by atoms with Crippen LogP contribution >= 0.6 is 35.7 Å². The van der Waals surface area contributed by atoms with E-state index in [1.54, 1.807) is 0 Å². The van der Waals surface area contributed by atoms with Crippen molar-refractivity contribution in [2.75, 3.05) is 64.0 Å². The van der Waals surface area contributed by atoms with Crippen molar-refractivity contribution in [2.24, 2.45) is 10.4 Å². The van der Waals surface area contributed by atoms with Crippen LogP contribution in [0, 0.1) is 5.41 Å². The number of rotatable bonds is 5. The lowest BCUT2D eigenvalue weighted by Gasteiger charge is -2.42. The number of ether oxygens (including phenoxy) is 1. The molecule has 0 radical (unpaired) electrons. The van der Waals surface area contributed by atoms with Crippen molar-refractivity contribution < 1.29 is 4.74 Å². The Morgan fingerprint density at radius 2 is 1.96 bits per heavy atom. The number of hydrogen-bond donors (Lipinski definition) is 1. The van der Waals surface area contributed by atoms with Crippen LogP contribution in [0.4, 0.5) is 0 Å². The summed E-state index contributed by atoms with van der Waals surface area (Å²) in [6.07, 6.45) is 3.78. The van der Waals surface area contributed by atoms with Gasteiger partial charge in [0, 0.05) is 38.5 Å². The van der Waals surface area contributed by atoms with Crippen LogP contribution in [0.2, 0.25) is 0 Å². The van der Waals surface area contributed by atoms with Crippen LogP contribution in [0.1, 0.15) is 40.0 Å². The predicted molar refractivity (Wildman–Crippen MR) is 123 cm³/mol. The monoisotopic (exact) mass is 496 g/mol. The van der Waals surface area contributed by atoms with Gasteiger partial charge in [-0.15, -0.1) is 24.0 Å². The Bertz CT molecular complexity index is 466. The largest absolute Gasteiger partial charge is 0.379 e. The van der Waals surface area contributed by atoms with E-state index < -0.39 is 0 Å². The van der Waals surface area contributed by atoms with Crippen molar-refractivity contribution in [2.45, 2.75) is 45.6 Å². The fraction of sp³-hybridized carbons (Fsp3) is 0.947. The van der Waals surface area contributed by atoms with E-state index in [0.717, 1.165) is 58.4 Å². The molecule has 0 saturated carbocycles. The molecule has 1 N–H and O–H groups in total. The Labute approximate surface area is 181 Å². The first kappa shape index (κ1) is 22.6. The summed E-state index contributed by atoms with van der Waals surface area (Å²) in [6, 6.07) is 0. The summed E-state index contributed by atoms with van der Waals surface area (Å²) in [4.78, 5) is 10.3. The van der Waals surface area contributed by atoms with E-state index in [1.165, 1.54) is 30.8 Å². The third-order valence-corrected chi connectivity index (χ3v) is 7.57. The lowest BCUT2D eigenvalue weighted by Crippen LogP contribution is -2.56. The second-order valence-electron chi connectivity index (χ2n) is 8.13. The molecule has 5 nitrogen and oxygen atoms in total. The van der Waals surface area contributed by atoms with Gasteiger partial charge in [0.2, 0.25) is 0 Å². The number of thioether (sulfide) groups is 1. The zero-order valence-electron chi connectivity index (χ0n) is 16.8. The van der Waals surface area contributed by atoms with E-state index in [-0.39, 0.29) is 29.5 Å². The molecule has 2 unspecified atom stereocenters. The number of nitrogens with zero attached hydrogens (tertiary/aromatic N) is 3. The third kappa shape index (κ3) is 5.20. The Morgan fingerprint density at radius 1 is 1.19 bits per heavy atom. The number of aliphatic imine (C=N–C) groups is 1. The molecule has 0 aromatic rings. The van der Waals surface area contributed by atoms with E-state index in [2.05, 4.69) is 47.6 Å². The minimum Gasteiger partial charge on any atom is -0.379 e. The lowest BCUT2D eigenvalue weighted by molar-refractivity contribution is -0.0105. The predicted octanol–water partition coefficient (Wildman–Crippen LogP) is 2.90. The maximum absolute atomic E-state index is 5.58. The fourth-order valence-electron chi connectivity index (χ4n) is 4.25. The number of likely N-dealkylation sites (tertiary alicyclic amines) is 1. The van der Waals surface area contributed by atoms with Crippen molar-refractivity contribution in [3.63, 3.8) is 0 Å². The summed E-state index contributed by atoms with van der Waals surface area (Å²) in [7, 11) is 0. The number of nitrogens with one attached hydrogen (secondary N) is 1. The normalized spacial score (nSPS) is 33.3. The van der Waals surface area contributed by atoms with Crippen molar-refractivity contribution >= 4 is 41.7 Å². The zero-order chi connectivity index (χ0) is 17.8. The summed E-state index contributed by atoms with van der Waals surface area (Å²) in [5, 5.41) is 3.56. The molecule has 0 aromatic carbocycles. The van der Waals surface area contributed by atoms with Crippen LogP contribution in [0.25, 0.3) is 0 Å². The van der Waals surface area contributed by atoms with Gasteiger partial charge in [0.15, 0.2) is 5.96 Å². The Kier molecular flexibility index (Phi) is 8.82. The molecular formula is C19H37IN4OS. The van der Waals surface area contributed by atoms with E-state index in [9.17, 15) is 0 Å². The van der Waals surface area contributed by atoms with E-state index in [0.29, 0.717) is 5.41 Å². The van der Waals surface area contributed by atoms with Gasteiger partial charge in [0.25, 0.3) is 0 Å². The van der Waals surface area contributed by atoms with Gasteiger partial charge in [-0.3, -0.25) is 9.89 Å². The minimum atomic E-state index is 0. The summed E-state index contributed by atoms with van der Waals surface area (Å²) in [5.74, 6) is 3.60. The standard InChI is InChI=1S/C19H36N4OS.HI/c1-4-18(3)6-8-22(15-18)17(20-5-2)21-14-19(7-13-25-16-19)23-9-11-24-12-10-23;/h4-16H2,1-3H3,(H,20,21);1H. The zero-order valence-corrected chi connectivity index (χ0v) is 19.9. The van der Waals surface area contributed by atoms with E-state index in [1.807, 2.05) is 0 Å². The highest BCUT2D eigenvalue weighted by Crippen LogP contribution is 2.35. The maximum atomic E-state index is 5.58. The maximum Gasteiger partial charge on any atom is 0.193 e. The van der Waals surface area contributed by atoms with Gasteiger partial charge < -0.3 is 15.0 Å². The van der Waals surface area contributed by atoms with Gasteiger partial charge in [-0.05, 0) is 37.4 Å². The van der Waals surface area contributed by atoms with Gasteiger partial charge in [-0.25, -0.2) is 0 Å². The van der Waals surface area contributed by atoms with Gasteiger partial charge in [0.05, 0.1) is 25.3 Å². The summed E-state index contributed by atoms with van der Waals surface area (Å²) in [6.45, 7) is 14.9. The van der Waals surface area contributed by atoms with Crippen LogP contribution in [0.15, 0.2) is 4.99 Å². The molecule has 0 aromatic heterocycles. The summed E-state index contributed by atoms with van der Waals surface area (Å²) < 4.78 is 5.58. The lowest BCUT2D eigenvalue weighted by atomic mass is 9.87. The van der Waals surface area contributed by atoms with E-state index >= 15 is 0 Å². The number of halogens is 1. The molecule has 2 atom stereocenters. The second-order valence-corrected chi connectivity index (χ2v) is 9.24. The van der Waals surface area contributed by atoms with Crippen molar-refractivity contribution in [1.29, 1.82) is 0 Å². The molecule has 3 heterocycles. The van der Waals surface area contributed by atoms with Crippen molar-refractivity contribution in [1.82, 2.24) is 15.1 Å². The average Bonchev–Trinajstić information content (AvgIpc) is 3.28. The van der Waals surface area contributed by atoms with Crippen LogP contribution in [0.5, 0.6) is 0 Å². The Morgan fingerprint density at radius 3 is 2.54 bits per heavy atom. The highest BCUT2D eigenvalue weighted by Gasteiger charge is 2.41. The van der Waals surface area contributed by atoms with Crippen LogP contribution in [-0.2, 0) is 4.74 Å². The molecule has 3 rings (SSSR count). The molecule has 0 aliphatic carbocycles. The highest BCUT2D eigenvalue weighted by atomic mass is 127. The van der Waals surface area contributed by atoms with Crippen LogP contribution in [0.3, 0.4) is 0 Å². The van der Waals surface area contributed by atoms with Crippen LogP contribution in [-0.4, -0.2) is 85.3 Å². The van der Waals surface area contributed by atoms with Gasteiger partial charge in [0.1, 0.15) is 0 Å². The number of morpholine rings is 1. The molecule has 3 saturated heterocycles. The smallest absolute Gasteiger partial charge is 0.193 e. The first-order valence-electron chi connectivity index (χ1n) is 10.0. The van der Waals surface area contributed by atoms with Crippen molar-refractivity contribution in [3.05, 3.63) is 0 Å². The number of guanidine groups is 1. The minimum absolute atomic E-state index is 0. The molecule has 0 bridgehead atoms. The Balaban J connectivity index is 0.00000243. The summed E-state index contributed by atoms with van der Waals surface area (Å²) >= 11 is 2.09. The van der Waals surface area contributed by atoms with Crippen molar-refractivity contribution in [3.8, 4) is 0 Å². The molecule has 7 heteroatoms. The molecule has 3 aliphatic heterocycles. The first-order valence-corrected chi connectivity index (χ1v) is 11.2. The third-order valence-electron chi connectivity index (χ3n) is 6.33. The topological polar surface area (TPSA) is 40.1 Å². The summed E-state index contributed by atoms with van der Waals surface area (Å²) in [5.41, 5.74) is 0.685. The van der Waals surface area contributed by atoms with Crippen LogP contribution < -0.4 is 5.32 Å². The van der Waals surface area contributed by atoms with Gasteiger partial charge in [-0.2, -0.15) is 11.8 Å². The van der Waals surface area contributed by atoms with E-state index in [4.69, 9.17) is 9.73 Å². The SMILES string of the molecule is CCNC(=NCC1(N2CCOCC2)CCSC1)N1CCC(C)(CC)C1.I. The highest BCUT2D eigenvalue weighted by molar-refractivity contribution is 14.0. The molecule has 26 heavy (non-hydrogen) atoms. The average molecular weight is 497 g/mol. The molecule has 0 amide bonds. The molecule has 3 fully saturated rings. The second kappa shape index (κ2) is 10.2. The molecule has 0 spiro atoms. The fourth-order valence-corrected chi connectivity index (χ4v) is 5.72. The Hall–Kier alpha value is 0.270. The quantitative estimate of drug-likeness (QED) is 0.360. The van der Waals surface area contributed by atoms with Gasteiger partial charge in [-0.1, -0.05) is 13.8 Å². The molecule has 152 valence electrons. The van der Waals surface area contributed by atoms with Gasteiger partial charge >= 0.3 is 0 Å². The number of hydrogen-bond acceptors (Lipinski definition) is 4. The molecule has 3 aliphatic rings. The first-order chi connectivity index (χ1) is 12.1. The molecular weight excluding hydrogens is 459 g/mol.